The molecule has 0 aliphatic carbocycles. The SMILES string of the molecule is [O-][N+](O)=C(c1ccccc1)c1ccccc1O. The lowest BCUT2D eigenvalue weighted by molar-refractivity contribution is -0.725. The molecular formula is C13H11NO3. The summed E-state index contributed by atoms with van der Waals surface area (Å²) in [6, 6.07) is 15.0. The van der Waals surface area contributed by atoms with E-state index in [-0.39, 0.29) is 21.9 Å². The van der Waals surface area contributed by atoms with Gasteiger partial charge in [0.2, 0.25) is 0 Å². The third-order valence-electron chi connectivity index (χ3n) is 2.40. The molecule has 0 spiro atoms. The fourth-order valence-electron chi connectivity index (χ4n) is 1.64. The van der Waals surface area contributed by atoms with Gasteiger partial charge in [-0.2, -0.15) is 0 Å². The maximum absolute atomic E-state index is 11.2. The van der Waals surface area contributed by atoms with Crippen LogP contribution in [0.25, 0.3) is 0 Å². The number of rotatable bonds is 2. The van der Waals surface area contributed by atoms with Gasteiger partial charge >= 0.3 is 0 Å². The first-order valence-corrected chi connectivity index (χ1v) is 5.07. The maximum Gasteiger partial charge on any atom is 0.285 e. The Balaban J connectivity index is 2.61. The van der Waals surface area contributed by atoms with Gasteiger partial charge in [0.15, 0.2) is 0 Å². The van der Waals surface area contributed by atoms with Crippen LogP contribution in [0.3, 0.4) is 0 Å². The molecule has 17 heavy (non-hydrogen) atoms. The second-order valence-corrected chi connectivity index (χ2v) is 3.50. The van der Waals surface area contributed by atoms with E-state index >= 15 is 0 Å². The van der Waals surface area contributed by atoms with E-state index < -0.39 is 0 Å². The largest absolute Gasteiger partial charge is 0.507 e. The normalized spacial score (nSPS) is 12.0. The topological polar surface area (TPSA) is 66.5 Å². The van der Waals surface area contributed by atoms with Gasteiger partial charge in [0.25, 0.3) is 5.71 Å². The van der Waals surface area contributed by atoms with Crippen LogP contribution in [0, 0.1) is 5.21 Å². The molecule has 0 heterocycles. The molecule has 0 aromatic heterocycles. The molecule has 0 aliphatic rings. The Morgan fingerprint density at radius 3 is 2.12 bits per heavy atom. The number of benzene rings is 2. The van der Waals surface area contributed by atoms with E-state index in [2.05, 4.69) is 0 Å². The number of aromatic hydroxyl groups is 1. The van der Waals surface area contributed by atoms with Gasteiger partial charge in [-0.1, -0.05) is 30.3 Å². The highest BCUT2D eigenvalue weighted by atomic mass is 16.8. The van der Waals surface area contributed by atoms with Crippen LogP contribution in [0.5, 0.6) is 5.75 Å². The summed E-state index contributed by atoms with van der Waals surface area (Å²) < 4.78 is 0. The number of phenols is 1. The highest BCUT2D eigenvalue weighted by molar-refractivity contribution is 6.11. The molecule has 86 valence electrons. The van der Waals surface area contributed by atoms with E-state index in [9.17, 15) is 15.5 Å². The molecule has 0 aliphatic heterocycles. The molecule has 4 nitrogen and oxygen atoms in total. The summed E-state index contributed by atoms with van der Waals surface area (Å²) in [6.45, 7) is 0. The van der Waals surface area contributed by atoms with Crippen molar-refractivity contribution in [3.63, 3.8) is 0 Å². The standard InChI is InChI=1S/C13H11NO3/c15-12-9-5-4-8-11(12)13(14(16)17)10-6-2-1-3-7-10/h1-9,15H,(H,16,17). The van der Waals surface area contributed by atoms with Crippen LogP contribution in [0.15, 0.2) is 54.6 Å². The van der Waals surface area contributed by atoms with Crippen molar-refractivity contribution in [2.75, 3.05) is 0 Å². The third-order valence-corrected chi connectivity index (χ3v) is 2.40. The Morgan fingerprint density at radius 1 is 0.941 bits per heavy atom. The first kappa shape index (κ1) is 11.0. The van der Waals surface area contributed by atoms with Crippen LogP contribution >= 0.6 is 0 Å². The van der Waals surface area contributed by atoms with Crippen molar-refractivity contribution >= 4 is 5.71 Å². The highest BCUT2D eigenvalue weighted by Gasteiger charge is 2.20. The molecule has 0 bridgehead atoms. The van der Waals surface area contributed by atoms with Crippen molar-refractivity contribution < 1.29 is 15.2 Å². The zero-order chi connectivity index (χ0) is 12.3. The predicted octanol–water partition coefficient (Wildman–Crippen LogP) is 2.13. The van der Waals surface area contributed by atoms with E-state index in [1.165, 1.54) is 6.07 Å². The first-order valence-electron chi connectivity index (χ1n) is 5.07. The minimum Gasteiger partial charge on any atom is -0.507 e. The van der Waals surface area contributed by atoms with Crippen molar-refractivity contribution in [3.8, 4) is 5.75 Å². The molecule has 0 unspecified atom stereocenters. The number of hydrogen-bond acceptors (Lipinski definition) is 3. The van der Waals surface area contributed by atoms with Crippen molar-refractivity contribution in [2.24, 2.45) is 0 Å². The van der Waals surface area contributed by atoms with Crippen molar-refractivity contribution in [3.05, 3.63) is 70.9 Å². The van der Waals surface area contributed by atoms with Crippen LogP contribution < -0.4 is 0 Å². The van der Waals surface area contributed by atoms with Gasteiger partial charge in [-0.25, -0.2) is 0 Å². The van der Waals surface area contributed by atoms with Crippen LogP contribution in [0.4, 0.5) is 0 Å². The third kappa shape index (κ3) is 2.20. The van der Waals surface area contributed by atoms with Crippen LogP contribution in [0.1, 0.15) is 11.1 Å². The average Bonchev–Trinajstić information content (AvgIpc) is 2.33. The van der Waals surface area contributed by atoms with Crippen LogP contribution in [-0.2, 0) is 0 Å². The lowest BCUT2D eigenvalue weighted by Gasteiger charge is -2.04. The zero-order valence-corrected chi connectivity index (χ0v) is 8.95. The van der Waals surface area contributed by atoms with Gasteiger partial charge in [0, 0.05) is 4.90 Å². The second kappa shape index (κ2) is 4.57. The highest BCUT2D eigenvalue weighted by Crippen LogP contribution is 2.20. The molecule has 2 N–H and O–H groups in total. The molecule has 4 heteroatoms. The molecule has 0 atom stereocenters. The zero-order valence-electron chi connectivity index (χ0n) is 8.95. The molecule has 2 aromatic carbocycles. The summed E-state index contributed by atoms with van der Waals surface area (Å²) in [5.74, 6) is -0.0544. The van der Waals surface area contributed by atoms with Gasteiger partial charge in [-0.3, -0.25) is 5.21 Å². The van der Waals surface area contributed by atoms with E-state index in [4.69, 9.17) is 0 Å². The van der Waals surface area contributed by atoms with Crippen molar-refractivity contribution in [1.82, 2.24) is 0 Å². The van der Waals surface area contributed by atoms with Gasteiger partial charge in [0.1, 0.15) is 5.75 Å². The molecule has 0 saturated carbocycles. The fourth-order valence-corrected chi connectivity index (χ4v) is 1.64. The fraction of sp³-hybridized carbons (Fsp3) is 0. The summed E-state index contributed by atoms with van der Waals surface area (Å²) in [4.78, 5) is -0.232. The molecule has 0 radical (unpaired) electrons. The van der Waals surface area contributed by atoms with E-state index in [1.807, 2.05) is 0 Å². The predicted molar refractivity (Wildman–Crippen MR) is 63.2 cm³/mol. The lowest BCUT2D eigenvalue weighted by Crippen LogP contribution is -2.15. The minimum atomic E-state index is -0.232. The molecule has 0 amide bonds. The molecule has 0 saturated heterocycles. The number of hydrogen-bond donors (Lipinski definition) is 2. The maximum atomic E-state index is 11.2. The van der Waals surface area contributed by atoms with Gasteiger partial charge in [-0.05, 0) is 24.3 Å². The first-order chi connectivity index (χ1) is 8.20. The Labute approximate surface area is 98.2 Å². The quantitative estimate of drug-likeness (QED) is 0.359. The Morgan fingerprint density at radius 2 is 1.53 bits per heavy atom. The summed E-state index contributed by atoms with van der Waals surface area (Å²) >= 11 is 0. The Hall–Kier alpha value is -2.49. The van der Waals surface area contributed by atoms with Crippen LogP contribution in [-0.4, -0.2) is 20.9 Å². The van der Waals surface area contributed by atoms with Gasteiger partial charge in [-0.15, -0.1) is 0 Å². The smallest absolute Gasteiger partial charge is 0.285 e. The Kier molecular flexibility index (Phi) is 2.96. The average molecular weight is 229 g/mol. The minimum absolute atomic E-state index is 0.0173. The Bertz CT molecular complexity index is 546. The number of phenolic OH excluding ortho intramolecular Hbond substituents is 1. The number of nitrogens with zero attached hydrogens (tertiary/aromatic N) is 1. The summed E-state index contributed by atoms with van der Waals surface area (Å²) in [6.07, 6.45) is 0. The lowest BCUT2D eigenvalue weighted by atomic mass is 10.0. The molecule has 2 aromatic rings. The second-order valence-electron chi connectivity index (χ2n) is 3.50. The van der Waals surface area contributed by atoms with E-state index in [1.54, 1.807) is 48.5 Å². The van der Waals surface area contributed by atoms with Gasteiger partial charge < -0.3 is 10.3 Å². The summed E-state index contributed by atoms with van der Waals surface area (Å²) in [7, 11) is 0. The van der Waals surface area contributed by atoms with Gasteiger partial charge in [0.05, 0.1) is 11.1 Å². The van der Waals surface area contributed by atoms with E-state index in [0.717, 1.165) is 0 Å². The van der Waals surface area contributed by atoms with Crippen LogP contribution in [0.2, 0.25) is 0 Å². The van der Waals surface area contributed by atoms with Crippen molar-refractivity contribution in [1.29, 1.82) is 0 Å². The molecular weight excluding hydrogens is 218 g/mol. The summed E-state index contributed by atoms with van der Waals surface area (Å²) in [5, 5.41) is 30.1. The van der Waals surface area contributed by atoms with E-state index in [0.29, 0.717) is 5.56 Å². The summed E-state index contributed by atoms with van der Waals surface area (Å²) in [5.41, 5.74) is 0.839. The van der Waals surface area contributed by atoms with Crippen molar-refractivity contribution in [2.45, 2.75) is 0 Å². The molecule has 2 rings (SSSR count). The molecule has 0 fully saturated rings. The number of para-hydroxylation sites is 1. The monoisotopic (exact) mass is 229 g/mol.